The van der Waals surface area contributed by atoms with Crippen molar-refractivity contribution in [2.45, 2.75) is 26.8 Å². The summed E-state index contributed by atoms with van der Waals surface area (Å²) in [7, 11) is 0. The fourth-order valence-electron chi connectivity index (χ4n) is 3.51. The Kier molecular flexibility index (Phi) is 4.89. The predicted molar refractivity (Wildman–Crippen MR) is 111 cm³/mol. The molecule has 1 amide bonds. The minimum atomic E-state index is -0.0121. The summed E-state index contributed by atoms with van der Waals surface area (Å²) in [5.74, 6) is 0.0639. The molecule has 3 heterocycles. The van der Waals surface area contributed by atoms with Gasteiger partial charge in [-0.3, -0.25) is 14.2 Å². The molecule has 0 saturated carbocycles. The number of amides is 1. The molecule has 0 spiro atoms. The first-order valence-electron chi connectivity index (χ1n) is 9.41. The fraction of sp³-hybridized carbons (Fsp3) is 0.400. The Morgan fingerprint density at radius 2 is 1.89 bits per heavy atom. The molecule has 3 aromatic rings. The zero-order valence-electron chi connectivity index (χ0n) is 16.3. The number of hydrogen-bond donors (Lipinski definition) is 0. The van der Waals surface area contributed by atoms with E-state index in [0.29, 0.717) is 24.0 Å². The highest BCUT2D eigenvalue weighted by Crippen LogP contribution is 2.22. The Morgan fingerprint density at radius 1 is 1.14 bits per heavy atom. The Bertz CT molecular complexity index is 1080. The van der Waals surface area contributed by atoms with Gasteiger partial charge in [0.05, 0.1) is 28.4 Å². The Labute approximate surface area is 167 Å². The van der Waals surface area contributed by atoms with Crippen LogP contribution in [0.4, 0.5) is 5.69 Å². The minimum absolute atomic E-state index is 0.0121. The Hall–Kier alpha value is -2.74. The standard InChI is InChI=1S/C20H23N5O2S/c1-13(2)25-11-21-17-10-15(4-5-16(17)19(25)26)23-6-8-24(9-7-23)20(27)18-14(3)22-12-28-18/h4-5,10-13H,6-9H2,1-3H3. The van der Waals surface area contributed by atoms with Crippen LogP contribution in [-0.2, 0) is 0 Å². The van der Waals surface area contributed by atoms with Crippen LogP contribution in [-0.4, -0.2) is 51.5 Å². The number of nitrogens with zero attached hydrogens (tertiary/aromatic N) is 5. The number of aromatic nitrogens is 3. The highest BCUT2D eigenvalue weighted by molar-refractivity contribution is 7.11. The molecule has 1 fully saturated rings. The number of piperazine rings is 1. The van der Waals surface area contributed by atoms with Crippen molar-refractivity contribution >= 4 is 33.8 Å². The van der Waals surface area contributed by atoms with Crippen LogP contribution in [0.5, 0.6) is 0 Å². The highest BCUT2D eigenvalue weighted by atomic mass is 32.1. The molecule has 0 atom stereocenters. The van der Waals surface area contributed by atoms with E-state index in [4.69, 9.17) is 0 Å². The maximum absolute atomic E-state index is 12.7. The average molecular weight is 398 g/mol. The summed E-state index contributed by atoms with van der Waals surface area (Å²) in [5, 5.41) is 0.634. The normalized spacial score (nSPS) is 14.9. The van der Waals surface area contributed by atoms with Crippen molar-refractivity contribution in [3.05, 3.63) is 51.0 Å². The lowest BCUT2D eigenvalue weighted by Gasteiger charge is -2.36. The van der Waals surface area contributed by atoms with Gasteiger partial charge in [-0.2, -0.15) is 0 Å². The van der Waals surface area contributed by atoms with Crippen LogP contribution in [0.15, 0.2) is 34.8 Å². The summed E-state index contributed by atoms with van der Waals surface area (Å²) in [6.45, 7) is 8.63. The molecule has 0 bridgehead atoms. The molecule has 1 saturated heterocycles. The highest BCUT2D eigenvalue weighted by Gasteiger charge is 2.24. The zero-order chi connectivity index (χ0) is 19.8. The third-order valence-electron chi connectivity index (χ3n) is 5.20. The monoisotopic (exact) mass is 397 g/mol. The van der Waals surface area contributed by atoms with Gasteiger partial charge < -0.3 is 9.80 Å². The fourth-order valence-corrected chi connectivity index (χ4v) is 4.28. The molecule has 0 N–H and O–H groups in total. The lowest BCUT2D eigenvalue weighted by molar-refractivity contribution is 0.0750. The predicted octanol–water partition coefficient (Wildman–Crippen LogP) is 2.70. The van der Waals surface area contributed by atoms with Crippen molar-refractivity contribution in [1.82, 2.24) is 19.4 Å². The quantitative estimate of drug-likeness (QED) is 0.680. The van der Waals surface area contributed by atoms with Gasteiger partial charge in [-0.15, -0.1) is 11.3 Å². The topological polar surface area (TPSA) is 71.3 Å². The first kappa shape index (κ1) is 18.6. The van der Waals surface area contributed by atoms with E-state index in [1.165, 1.54) is 11.3 Å². The van der Waals surface area contributed by atoms with Crippen molar-refractivity contribution in [2.75, 3.05) is 31.1 Å². The molecular formula is C20H23N5O2S. The van der Waals surface area contributed by atoms with Gasteiger partial charge in [-0.25, -0.2) is 9.97 Å². The summed E-state index contributed by atoms with van der Waals surface area (Å²) in [6, 6.07) is 5.88. The van der Waals surface area contributed by atoms with Gasteiger partial charge >= 0.3 is 0 Å². The van der Waals surface area contributed by atoms with E-state index < -0.39 is 0 Å². The molecule has 0 radical (unpaired) electrons. The number of benzene rings is 1. The van der Waals surface area contributed by atoms with E-state index in [0.717, 1.165) is 29.3 Å². The van der Waals surface area contributed by atoms with Crippen molar-refractivity contribution in [3.8, 4) is 0 Å². The number of fused-ring (bicyclic) bond motifs is 1. The van der Waals surface area contributed by atoms with Gasteiger partial charge in [-0.1, -0.05) is 0 Å². The van der Waals surface area contributed by atoms with E-state index in [2.05, 4.69) is 14.9 Å². The molecule has 4 rings (SSSR count). The van der Waals surface area contributed by atoms with Crippen molar-refractivity contribution < 1.29 is 4.79 Å². The van der Waals surface area contributed by atoms with Crippen molar-refractivity contribution in [3.63, 3.8) is 0 Å². The van der Waals surface area contributed by atoms with Crippen molar-refractivity contribution in [2.24, 2.45) is 0 Å². The first-order valence-corrected chi connectivity index (χ1v) is 10.3. The van der Waals surface area contributed by atoms with E-state index in [9.17, 15) is 9.59 Å². The number of hydrogen-bond acceptors (Lipinski definition) is 6. The third-order valence-corrected chi connectivity index (χ3v) is 6.11. The maximum atomic E-state index is 12.7. The van der Waals surface area contributed by atoms with Gasteiger partial charge in [0.15, 0.2) is 0 Å². The zero-order valence-corrected chi connectivity index (χ0v) is 17.1. The first-order chi connectivity index (χ1) is 13.5. The summed E-state index contributed by atoms with van der Waals surface area (Å²) >= 11 is 1.40. The lowest BCUT2D eigenvalue weighted by atomic mass is 10.2. The molecule has 1 aliphatic heterocycles. The maximum Gasteiger partial charge on any atom is 0.265 e. The van der Waals surface area contributed by atoms with E-state index in [1.54, 1.807) is 16.4 Å². The largest absolute Gasteiger partial charge is 0.368 e. The number of rotatable bonds is 3. The molecule has 7 nitrogen and oxygen atoms in total. The Morgan fingerprint density at radius 3 is 2.54 bits per heavy atom. The number of thiazole rings is 1. The molecule has 8 heteroatoms. The second-order valence-electron chi connectivity index (χ2n) is 7.30. The van der Waals surface area contributed by atoms with Crippen LogP contribution in [0.25, 0.3) is 10.9 Å². The number of carbonyl (C=O) groups excluding carboxylic acids is 1. The van der Waals surface area contributed by atoms with Crippen LogP contribution < -0.4 is 10.5 Å². The van der Waals surface area contributed by atoms with Crippen molar-refractivity contribution in [1.29, 1.82) is 0 Å². The molecule has 2 aromatic heterocycles. The van der Waals surface area contributed by atoms with Gasteiger partial charge in [0, 0.05) is 37.9 Å². The second kappa shape index (κ2) is 7.35. The number of aryl methyl sites for hydroxylation is 1. The van der Waals surface area contributed by atoms with Gasteiger partial charge in [0.2, 0.25) is 0 Å². The molecule has 1 aromatic carbocycles. The van der Waals surface area contributed by atoms with Crippen LogP contribution in [0.3, 0.4) is 0 Å². The molecule has 28 heavy (non-hydrogen) atoms. The molecule has 0 aliphatic carbocycles. The summed E-state index contributed by atoms with van der Waals surface area (Å²) < 4.78 is 1.65. The van der Waals surface area contributed by atoms with Gasteiger partial charge in [-0.05, 0) is 39.0 Å². The van der Waals surface area contributed by atoms with E-state index >= 15 is 0 Å². The van der Waals surface area contributed by atoms with Crippen LogP contribution >= 0.6 is 11.3 Å². The number of anilines is 1. The molecule has 1 aliphatic rings. The number of carbonyl (C=O) groups is 1. The van der Waals surface area contributed by atoms with E-state index in [-0.39, 0.29) is 17.5 Å². The summed E-state index contributed by atoms with van der Waals surface area (Å²) in [6.07, 6.45) is 1.62. The minimum Gasteiger partial charge on any atom is -0.368 e. The van der Waals surface area contributed by atoms with E-state index in [1.807, 2.05) is 43.9 Å². The van der Waals surface area contributed by atoms with Gasteiger partial charge in [0.1, 0.15) is 4.88 Å². The Balaban J connectivity index is 1.51. The second-order valence-corrected chi connectivity index (χ2v) is 8.15. The third kappa shape index (κ3) is 3.28. The summed E-state index contributed by atoms with van der Waals surface area (Å²) in [5.41, 5.74) is 4.24. The average Bonchev–Trinajstić information content (AvgIpc) is 3.13. The van der Waals surface area contributed by atoms with Crippen LogP contribution in [0, 0.1) is 6.92 Å². The smallest absolute Gasteiger partial charge is 0.265 e. The molecular weight excluding hydrogens is 374 g/mol. The summed E-state index contributed by atoms with van der Waals surface area (Å²) in [4.78, 5) is 38.7. The van der Waals surface area contributed by atoms with Crippen LogP contribution in [0.1, 0.15) is 35.3 Å². The van der Waals surface area contributed by atoms with Crippen LogP contribution in [0.2, 0.25) is 0 Å². The van der Waals surface area contributed by atoms with Gasteiger partial charge in [0.25, 0.3) is 11.5 Å². The SMILES string of the molecule is Cc1ncsc1C(=O)N1CCN(c2ccc3c(=O)n(C(C)C)cnc3c2)CC1. The molecule has 0 unspecified atom stereocenters. The molecule has 146 valence electrons. The lowest BCUT2D eigenvalue weighted by Crippen LogP contribution is -2.48.